The standard InChI is InChI=1S/C11H10ClN3OS2/c12-7-1-2-8(13)9(5-7)18-6-10(16)15-11-14-3-4-17-11/h1-5H,6,13H2,(H,14,15,16). The molecule has 0 aliphatic heterocycles. The molecule has 4 nitrogen and oxygen atoms in total. The number of aromatic nitrogens is 1. The van der Waals surface area contributed by atoms with Crippen molar-refractivity contribution in [3.63, 3.8) is 0 Å². The Labute approximate surface area is 118 Å². The summed E-state index contributed by atoms with van der Waals surface area (Å²) in [5.41, 5.74) is 6.41. The third-order valence-corrected chi connectivity index (χ3v) is 4.01. The van der Waals surface area contributed by atoms with Crippen LogP contribution in [0.4, 0.5) is 10.8 Å². The zero-order chi connectivity index (χ0) is 13.0. The smallest absolute Gasteiger partial charge is 0.236 e. The molecule has 0 aliphatic rings. The molecule has 3 N–H and O–H groups in total. The van der Waals surface area contributed by atoms with E-state index in [0.29, 0.717) is 15.8 Å². The zero-order valence-electron chi connectivity index (χ0n) is 9.22. The number of hydrogen-bond acceptors (Lipinski definition) is 5. The van der Waals surface area contributed by atoms with Crippen LogP contribution in [-0.2, 0) is 4.79 Å². The van der Waals surface area contributed by atoms with Gasteiger partial charge in [-0.05, 0) is 18.2 Å². The van der Waals surface area contributed by atoms with Gasteiger partial charge in [-0.25, -0.2) is 4.98 Å². The predicted molar refractivity (Wildman–Crippen MR) is 77.3 cm³/mol. The highest BCUT2D eigenvalue weighted by molar-refractivity contribution is 8.00. The molecule has 18 heavy (non-hydrogen) atoms. The minimum atomic E-state index is -0.116. The van der Waals surface area contributed by atoms with Crippen molar-refractivity contribution in [3.8, 4) is 0 Å². The van der Waals surface area contributed by atoms with Crippen LogP contribution in [0.15, 0.2) is 34.7 Å². The van der Waals surface area contributed by atoms with Gasteiger partial charge in [0, 0.05) is 27.2 Å². The first-order valence-corrected chi connectivity index (χ1v) is 7.26. The highest BCUT2D eigenvalue weighted by Crippen LogP contribution is 2.28. The van der Waals surface area contributed by atoms with Crippen LogP contribution in [0.2, 0.25) is 5.02 Å². The van der Waals surface area contributed by atoms with E-state index >= 15 is 0 Å². The van der Waals surface area contributed by atoms with Crippen LogP contribution in [0.25, 0.3) is 0 Å². The number of carbonyl (C=O) groups is 1. The molecule has 0 saturated heterocycles. The molecule has 1 aromatic heterocycles. The van der Waals surface area contributed by atoms with Gasteiger partial charge in [0.2, 0.25) is 5.91 Å². The largest absolute Gasteiger partial charge is 0.398 e. The number of amides is 1. The van der Waals surface area contributed by atoms with Crippen molar-refractivity contribution in [3.05, 3.63) is 34.8 Å². The van der Waals surface area contributed by atoms with E-state index in [4.69, 9.17) is 17.3 Å². The number of nitrogen functional groups attached to an aromatic ring is 1. The van der Waals surface area contributed by atoms with Gasteiger partial charge in [-0.15, -0.1) is 23.1 Å². The molecule has 0 radical (unpaired) electrons. The highest BCUT2D eigenvalue weighted by Gasteiger charge is 2.07. The Hall–Kier alpha value is -1.24. The van der Waals surface area contributed by atoms with E-state index in [-0.39, 0.29) is 11.7 Å². The minimum Gasteiger partial charge on any atom is -0.398 e. The summed E-state index contributed by atoms with van der Waals surface area (Å²) < 4.78 is 0. The molecule has 7 heteroatoms. The number of anilines is 2. The van der Waals surface area contributed by atoms with Crippen molar-refractivity contribution >= 4 is 51.4 Å². The van der Waals surface area contributed by atoms with Crippen LogP contribution in [-0.4, -0.2) is 16.6 Å². The Kier molecular flexibility index (Phi) is 4.46. The number of rotatable bonds is 4. The van der Waals surface area contributed by atoms with E-state index < -0.39 is 0 Å². The number of thioether (sulfide) groups is 1. The van der Waals surface area contributed by atoms with Crippen molar-refractivity contribution in [2.24, 2.45) is 0 Å². The maximum atomic E-state index is 11.6. The quantitative estimate of drug-likeness (QED) is 0.672. The van der Waals surface area contributed by atoms with Gasteiger partial charge in [-0.3, -0.25) is 4.79 Å². The number of nitrogens with two attached hydrogens (primary N) is 1. The number of nitrogens with one attached hydrogen (secondary N) is 1. The third-order valence-electron chi connectivity index (χ3n) is 2.01. The highest BCUT2D eigenvalue weighted by atomic mass is 35.5. The van der Waals surface area contributed by atoms with Gasteiger partial charge in [-0.1, -0.05) is 11.6 Å². The molecule has 0 spiro atoms. The van der Waals surface area contributed by atoms with Gasteiger partial charge in [0.15, 0.2) is 5.13 Å². The third kappa shape index (κ3) is 3.63. The summed E-state index contributed by atoms with van der Waals surface area (Å²) in [5.74, 6) is 0.152. The first kappa shape index (κ1) is 13.2. The zero-order valence-corrected chi connectivity index (χ0v) is 11.6. The lowest BCUT2D eigenvalue weighted by Gasteiger charge is -2.05. The Balaban J connectivity index is 1.91. The molecule has 0 aliphatic carbocycles. The van der Waals surface area contributed by atoms with Crippen LogP contribution < -0.4 is 11.1 Å². The van der Waals surface area contributed by atoms with Crippen LogP contribution >= 0.6 is 34.7 Å². The van der Waals surface area contributed by atoms with Gasteiger partial charge >= 0.3 is 0 Å². The van der Waals surface area contributed by atoms with Gasteiger partial charge in [0.05, 0.1) is 5.75 Å². The SMILES string of the molecule is Nc1ccc(Cl)cc1SCC(=O)Nc1nccs1. The monoisotopic (exact) mass is 299 g/mol. The molecule has 0 unspecified atom stereocenters. The lowest BCUT2D eigenvalue weighted by Crippen LogP contribution is -2.13. The van der Waals surface area contributed by atoms with E-state index in [1.807, 2.05) is 0 Å². The van der Waals surface area contributed by atoms with Gasteiger partial charge in [-0.2, -0.15) is 0 Å². The van der Waals surface area contributed by atoms with Crippen molar-refractivity contribution in [2.75, 3.05) is 16.8 Å². The van der Waals surface area contributed by atoms with E-state index in [9.17, 15) is 4.79 Å². The van der Waals surface area contributed by atoms with Gasteiger partial charge in [0.1, 0.15) is 0 Å². The Morgan fingerprint density at radius 1 is 1.56 bits per heavy atom. The average Bonchev–Trinajstić information content (AvgIpc) is 2.83. The molecule has 2 rings (SSSR count). The second kappa shape index (κ2) is 6.08. The summed E-state index contributed by atoms with van der Waals surface area (Å²) in [4.78, 5) is 16.4. The van der Waals surface area contributed by atoms with Crippen molar-refractivity contribution < 1.29 is 4.79 Å². The Morgan fingerprint density at radius 2 is 2.39 bits per heavy atom. The van der Waals surface area contributed by atoms with Gasteiger partial charge < -0.3 is 11.1 Å². The molecule has 0 saturated carbocycles. The number of carbonyl (C=O) groups excluding carboxylic acids is 1. The fourth-order valence-electron chi connectivity index (χ4n) is 1.22. The molecule has 1 heterocycles. The lowest BCUT2D eigenvalue weighted by molar-refractivity contribution is -0.113. The summed E-state index contributed by atoms with van der Waals surface area (Å²) in [6, 6.07) is 5.19. The van der Waals surface area contributed by atoms with Crippen molar-refractivity contribution in [2.45, 2.75) is 4.90 Å². The topological polar surface area (TPSA) is 68.0 Å². The molecule has 2 aromatic rings. The first-order valence-electron chi connectivity index (χ1n) is 5.02. The maximum Gasteiger partial charge on any atom is 0.236 e. The molecular formula is C11H10ClN3OS2. The predicted octanol–water partition coefficient (Wildman–Crippen LogP) is 3.11. The molecule has 94 valence electrons. The van der Waals surface area contributed by atoms with Gasteiger partial charge in [0.25, 0.3) is 0 Å². The van der Waals surface area contributed by atoms with E-state index in [2.05, 4.69) is 10.3 Å². The number of thiazole rings is 1. The molecule has 0 atom stereocenters. The molecule has 0 fully saturated rings. The van der Waals surface area contributed by atoms with E-state index in [0.717, 1.165) is 4.90 Å². The second-order valence-electron chi connectivity index (χ2n) is 3.36. The van der Waals surface area contributed by atoms with E-state index in [1.54, 1.807) is 29.8 Å². The summed E-state index contributed by atoms with van der Waals surface area (Å²) in [6.45, 7) is 0. The van der Waals surface area contributed by atoms with Crippen LogP contribution in [0.1, 0.15) is 0 Å². The van der Waals surface area contributed by atoms with Crippen molar-refractivity contribution in [1.29, 1.82) is 0 Å². The normalized spacial score (nSPS) is 10.3. The first-order chi connectivity index (χ1) is 8.65. The summed E-state index contributed by atoms with van der Waals surface area (Å²) in [5, 5.41) is 5.70. The fraction of sp³-hybridized carbons (Fsp3) is 0.0909. The van der Waals surface area contributed by atoms with Crippen LogP contribution in [0, 0.1) is 0 Å². The van der Waals surface area contributed by atoms with Crippen LogP contribution in [0.3, 0.4) is 0 Å². The molecule has 1 amide bonds. The van der Waals surface area contributed by atoms with Crippen LogP contribution in [0.5, 0.6) is 0 Å². The fourth-order valence-corrected chi connectivity index (χ4v) is 2.80. The number of halogens is 1. The van der Waals surface area contributed by atoms with E-state index in [1.165, 1.54) is 23.1 Å². The number of benzene rings is 1. The lowest BCUT2D eigenvalue weighted by atomic mass is 10.3. The second-order valence-corrected chi connectivity index (χ2v) is 5.70. The summed E-state index contributed by atoms with van der Waals surface area (Å²) in [6.07, 6.45) is 1.64. The summed E-state index contributed by atoms with van der Waals surface area (Å²) in [7, 11) is 0. The molecule has 0 bridgehead atoms. The summed E-state index contributed by atoms with van der Waals surface area (Å²) >= 11 is 8.60. The number of nitrogens with zero attached hydrogens (tertiary/aromatic N) is 1. The minimum absolute atomic E-state index is 0.116. The Bertz CT molecular complexity index is 545. The van der Waals surface area contributed by atoms with Crippen molar-refractivity contribution in [1.82, 2.24) is 4.98 Å². The maximum absolute atomic E-state index is 11.6. The number of hydrogen-bond donors (Lipinski definition) is 2. The molecular weight excluding hydrogens is 290 g/mol. The average molecular weight is 300 g/mol. The molecule has 1 aromatic carbocycles. The Morgan fingerprint density at radius 3 is 3.11 bits per heavy atom.